The molecule has 8 heteroatoms. The minimum absolute atomic E-state index is 0.0436. The molecule has 23 heavy (non-hydrogen) atoms. The molecule has 0 amide bonds. The summed E-state index contributed by atoms with van der Waals surface area (Å²) in [6.07, 6.45) is 1.33. The van der Waals surface area contributed by atoms with Gasteiger partial charge in [0.25, 0.3) is 5.69 Å². The smallest absolute Gasteiger partial charge is 0.365 e. The molecule has 0 spiro atoms. The van der Waals surface area contributed by atoms with Crippen molar-refractivity contribution >= 4 is 17.9 Å². The van der Waals surface area contributed by atoms with Crippen LogP contribution in [-0.2, 0) is 4.84 Å². The Hall–Kier alpha value is -3.42. The lowest BCUT2D eigenvalue weighted by Gasteiger charge is -1.99. The van der Waals surface area contributed by atoms with Gasteiger partial charge in [-0.05, 0) is 24.3 Å². The van der Waals surface area contributed by atoms with Crippen LogP contribution in [-0.4, -0.2) is 23.9 Å². The van der Waals surface area contributed by atoms with E-state index < -0.39 is 10.9 Å². The average molecular weight is 314 g/mol. The molecule has 1 aliphatic heterocycles. The SMILES string of the molecule is O=C(O/N=C\c1ccc2c(c1)OCO2)c1cccc([N+](=O)[O-])c1. The van der Waals surface area contributed by atoms with Crippen LogP contribution in [0.5, 0.6) is 11.5 Å². The number of ether oxygens (including phenoxy) is 2. The van der Waals surface area contributed by atoms with Crippen molar-refractivity contribution in [3.63, 3.8) is 0 Å². The lowest BCUT2D eigenvalue weighted by atomic mass is 10.2. The van der Waals surface area contributed by atoms with E-state index in [0.29, 0.717) is 17.1 Å². The summed E-state index contributed by atoms with van der Waals surface area (Å²) in [7, 11) is 0. The standard InChI is InChI=1S/C15H10N2O6/c18-15(11-2-1-3-12(7-11)17(19)20)23-16-8-10-4-5-13-14(6-10)22-9-21-13/h1-8H,9H2/b16-8-. The second-order valence-corrected chi connectivity index (χ2v) is 4.53. The molecule has 0 fully saturated rings. The fraction of sp³-hybridized carbons (Fsp3) is 0.0667. The van der Waals surface area contributed by atoms with Gasteiger partial charge in [-0.2, -0.15) is 0 Å². The predicted molar refractivity (Wildman–Crippen MR) is 78.7 cm³/mol. The van der Waals surface area contributed by atoms with Gasteiger partial charge in [0.1, 0.15) is 0 Å². The first-order chi connectivity index (χ1) is 11.1. The van der Waals surface area contributed by atoms with Crippen molar-refractivity contribution in [1.29, 1.82) is 0 Å². The average Bonchev–Trinajstić information content (AvgIpc) is 3.02. The minimum Gasteiger partial charge on any atom is -0.454 e. The Balaban J connectivity index is 1.67. The summed E-state index contributed by atoms with van der Waals surface area (Å²) in [5.41, 5.74) is 0.502. The molecular weight excluding hydrogens is 304 g/mol. The van der Waals surface area contributed by atoms with Gasteiger partial charge in [-0.15, -0.1) is 0 Å². The molecule has 0 bridgehead atoms. The van der Waals surface area contributed by atoms with Crippen LogP contribution in [0.4, 0.5) is 5.69 Å². The summed E-state index contributed by atoms with van der Waals surface area (Å²) in [5.74, 6) is 0.431. The van der Waals surface area contributed by atoms with Crippen molar-refractivity contribution in [1.82, 2.24) is 0 Å². The van der Waals surface area contributed by atoms with Gasteiger partial charge in [0.2, 0.25) is 6.79 Å². The van der Waals surface area contributed by atoms with E-state index >= 15 is 0 Å². The molecule has 0 aromatic heterocycles. The quantitative estimate of drug-likeness (QED) is 0.372. The van der Waals surface area contributed by atoms with Crippen LogP contribution >= 0.6 is 0 Å². The number of benzene rings is 2. The van der Waals surface area contributed by atoms with Gasteiger partial charge in [0.05, 0.1) is 16.7 Å². The van der Waals surface area contributed by atoms with E-state index in [9.17, 15) is 14.9 Å². The second kappa shape index (κ2) is 6.14. The van der Waals surface area contributed by atoms with Gasteiger partial charge >= 0.3 is 5.97 Å². The molecule has 0 saturated carbocycles. The van der Waals surface area contributed by atoms with Crippen molar-refractivity contribution in [2.24, 2.45) is 5.16 Å². The van der Waals surface area contributed by atoms with Crippen LogP contribution in [0.25, 0.3) is 0 Å². The normalized spacial score (nSPS) is 12.3. The van der Waals surface area contributed by atoms with E-state index in [1.165, 1.54) is 24.4 Å². The van der Waals surface area contributed by atoms with Crippen LogP contribution in [0.2, 0.25) is 0 Å². The Kier molecular flexibility index (Phi) is 3.88. The highest BCUT2D eigenvalue weighted by molar-refractivity contribution is 5.90. The fourth-order valence-corrected chi connectivity index (χ4v) is 1.93. The van der Waals surface area contributed by atoms with E-state index in [0.717, 1.165) is 6.07 Å². The highest BCUT2D eigenvalue weighted by Gasteiger charge is 2.14. The predicted octanol–water partition coefficient (Wildman–Crippen LogP) is 2.51. The third-order valence-electron chi connectivity index (χ3n) is 3.03. The highest BCUT2D eigenvalue weighted by atomic mass is 16.7. The lowest BCUT2D eigenvalue weighted by molar-refractivity contribution is -0.384. The number of rotatable bonds is 4. The molecule has 116 valence electrons. The minimum atomic E-state index is -0.786. The molecule has 2 aromatic rings. The molecule has 0 aliphatic carbocycles. The molecular formula is C15H10N2O6. The maximum atomic E-state index is 11.8. The largest absolute Gasteiger partial charge is 0.454 e. The number of fused-ring (bicyclic) bond motifs is 1. The van der Waals surface area contributed by atoms with Gasteiger partial charge in [-0.25, -0.2) is 4.79 Å². The second-order valence-electron chi connectivity index (χ2n) is 4.53. The number of nitro benzene ring substituents is 1. The zero-order chi connectivity index (χ0) is 16.2. The van der Waals surface area contributed by atoms with Crippen LogP contribution in [0.3, 0.4) is 0 Å². The van der Waals surface area contributed by atoms with E-state index in [2.05, 4.69) is 5.16 Å². The zero-order valence-electron chi connectivity index (χ0n) is 11.7. The maximum Gasteiger partial charge on any atom is 0.365 e. The van der Waals surface area contributed by atoms with E-state index in [1.807, 2.05) is 0 Å². The number of non-ortho nitro benzene ring substituents is 1. The van der Waals surface area contributed by atoms with Crippen molar-refractivity contribution < 1.29 is 24.0 Å². The van der Waals surface area contributed by atoms with Crippen molar-refractivity contribution in [3.05, 3.63) is 63.7 Å². The van der Waals surface area contributed by atoms with Gasteiger partial charge in [0.15, 0.2) is 11.5 Å². The summed E-state index contributed by atoms with van der Waals surface area (Å²) in [6, 6.07) is 10.3. The summed E-state index contributed by atoms with van der Waals surface area (Å²) in [6.45, 7) is 0.164. The van der Waals surface area contributed by atoms with Gasteiger partial charge in [-0.3, -0.25) is 10.1 Å². The Bertz CT molecular complexity index is 802. The van der Waals surface area contributed by atoms with Crippen LogP contribution < -0.4 is 9.47 Å². The summed E-state index contributed by atoms with van der Waals surface area (Å²) < 4.78 is 10.4. The number of nitro groups is 1. The Morgan fingerprint density at radius 3 is 2.87 bits per heavy atom. The van der Waals surface area contributed by atoms with E-state index in [1.54, 1.807) is 18.2 Å². The third-order valence-corrected chi connectivity index (χ3v) is 3.03. The Labute approximate surface area is 130 Å². The summed E-state index contributed by atoms with van der Waals surface area (Å²) in [4.78, 5) is 26.6. The van der Waals surface area contributed by atoms with Crippen LogP contribution in [0, 0.1) is 10.1 Å². The molecule has 3 rings (SSSR count). The van der Waals surface area contributed by atoms with Crippen LogP contribution in [0.15, 0.2) is 47.6 Å². The maximum absolute atomic E-state index is 11.8. The summed E-state index contributed by atoms with van der Waals surface area (Å²) >= 11 is 0. The Morgan fingerprint density at radius 1 is 1.22 bits per heavy atom. The van der Waals surface area contributed by atoms with E-state index in [4.69, 9.17) is 14.3 Å². The highest BCUT2D eigenvalue weighted by Crippen LogP contribution is 2.31. The first kappa shape index (κ1) is 14.5. The number of hydrogen-bond acceptors (Lipinski definition) is 7. The van der Waals surface area contributed by atoms with Gasteiger partial charge in [0, 0.05) is 17.7 Å². The molecule has 0 atom stereocenters. The van der Waals surface area contributed by atoms with E-state index in [-0.39, 0.29) is 18.0 Å². The molecule has 8 nitrogen and oxygen atoms in total. The lowest BCUT2D eigenvalue weighted by Crippen LogP contribution is -2.02. The van der Waals surface area contributed by atoms with Gasteiger partial charge in [-0.1, -0.05) is 11.2 Å². The fourth-order valence-electron chi connectivity index (χ4n) is 1.93. The monoisotopic (exact) mass is 314 g/mol. The first-order valence-electron chi connectivity index (χ1n) is 6.52. The Morgan fingerprint density at radius 2 is 2.04 bits per heavy atom. The topological polar surface area (TPSA) is 100 Å². The van der Waals surface area contributed by atoms with Gasteiger partial charge < -0.3 is 14.3 Å². The molecule has 0 radical (unpaired) electrons. The first-order valence-corrected chi connectivity index (χ1v) is 6.52. The summed E-state index contributed by atoms with van der Waals surface area (Å²) in [5, 5.41) is 14.2. The van der Waals surface area contributed by atoms with Crippen molar-refractivity contribution in [2.75, 3.05) is 6.79 Å². The number of oxime groups is 1. The van der Waals surface area contributed by atoms with Crippen LogP contribution in [0.1, 0.15) is 15.9 Å². The molecule has 0 N–H and O–H groups in total. The third kappa shape index (κ3) is 3.26. The van der Waals surface area contributed by atoms with Crippen molar-refractivity contribution in [2.45, 2.75) is 0 Å². The molecule has 1 heterocycles. The van der Waals surface area contributed by atoms with Crippen molar-refractivity contribution in [3.8, 4) is 11.5 Å². The molecule has 0 saturated heterocycles. The molecule has 2 aromatic carbocycles. The number of hydrogen-bond donors (Lipinski definition) is 0. The number of carbonyl (C=O) groups is 1. The zero-order valence-corrected chi connectivity index (χ0v) is 11.7. The number of carbonyl (C=O) groups excluding carboxylic acids is 1. The molecule has 1 aliphatic rings. The molecule has 0 unspecified atom stereocenters. The number of nitrogens with zero attached hydrogens (tertiary/aromatic N) is 2.